The molecule has 0 radical (unpaired) electrons. The summed E-state index contributed by atoms with van der Waals surface area (Å²) in [5.41, 5.74) is 0. The molecule has 95 heavy (non-hydrogen) atoms. The molecule has 0 bridgehead atoms. The second-order valence-corrected chi connectivity index (χ2v) is 27.6. The quantitative estimate of drug-likeness (QED) is 0.0235. The number of phosphoric acid groups is 2. The van der Waals surface area contributed by atoms with Crippen LogP contribution < -0.4 is 148 Å². The van der Waals surface area contributed by atoms with E-state index in [4.69, 9.17) is 42.2 Å². The molecule has 2 aliphatic rings. The Bertz CT molecular complexity index is 1950. The van der Waals surface area contributed by atoms with Crippen LogP contribution in [0.3, 0.4) is 0 Å². The van der Waals surface area contributed by atoms with Gasteiger partial charge in [0.2, 0.25) is 11.8 Å². The Labute approximate surface area is 663 Å². The van der Waals surface area contributed by atoms with E-state index in [1.54, 1.807) is 7.11 Å². The minimum atomic E-state index is -5.81. The summed E-state index contributed by atoms with van der Waals surface area (Å²) >= 11 is 0. The van der Waals surface area contributed by atoms with Crippen LogP contribution in [0.5, 0.6) is 0 Å². The molecule has 2 heterocycles. The smallest absolute Gasteiger partial charge is 0.790 e. The minimum Gasteiger partial charge on any atom is -0.790 e. The predicted octanol–water partition coefficient (Wildman–Crippen LogP) is -0.121. The molecule has 536 valence electrons. The Balaban J connectivity index is -0.0000212. The van der Waals surface area contributed by atoms with Crippen molar-refractivity contribution in [1.82, 2.24) is 10.6 Å². The van der Waals surface area contributed by atoms with Crippen LogP contribution in [0.15, 0.2) is 12.2 Å². The summed E-state index contributed by atoms with van der Waals surface area (Å²) in [6.45, 7) is 8.40. The second kappa shape index (κ2) is 65.7. The van der Waals surface area contributed by atoms with Crippen molar-refractivity contribution >= 4 is 33.2 Å². The molecule has 3 N–H and O–H groups in total. The average Bonchev–Trinajstić information content (AvgIpc) is 0.803. The number of methoxy groups -OCH3 is 2. The van der Waals surface area contributed by atoms with Gasteiger partial charge in [-0.3, -0.25) is 14.4 Å². The Hall–Kier alpha value is 2.25. The molecule has 0 unspecified atom stereocenters. The summed E-state index contributed by atoms with van der Waals surface area (Å²) < 4.78 is 77.8. The van der Waals surface area contributed by atoms with Gasteiger partial charge in [-0.2, -0.15) is 0 Å². The molecule has 2 rings (SSSR count). The molecule has 0 aromatic carbocycles. The number of aliphatic hydroxyl groups excluding tert-OH is 1. The molecular weight excluding hydrogens is 1300 g/mol. The monoisotopic (exact) mass is 1430 g/mol. The molecule has 2 fully saturated rings. The van der Waals surface area contributed by atoms with Crippen LogP contribution in [0.2, 0.25) is 0 Å². The van der Waals surface area contributed by atoms with E-state index in [-0.39, 0.29) is 182 Å². The van der Waals surface area contributed by atoms with Crippen molar-refractivity contribution in [1.29, 1.82) is 0 Å². The topological polar surface area (TPSA) is 305 Å². The molecule has 11 atom stereocenters. The van der Waals surface area contributed by atoms with Gasteiger partial charge in [-0.05, 0) is 70.6 Å². The van der Waals surface area contributed by atoms with Crippen LogP contribution in [-0.2, 0) is 65.7 Å². The van der Waals surface area contributed by atoms with Crippen molar-refractivity contribution in [2.24, 2.45) is 0 Å². The molecule has 2 saturated heterocycles. The van der Waals surface area contributed by atoms with Gasteiger partial charge >= 0.3 is 118 Å². The molecule has 0 spiro atoms. The van der Waals surface area contributed by atoms with E-state index in [0.29, 0.717) is 25.7 Å². The van der Waals surface area contributed by atoms with Crippen molar-refractivity contribution in [3.8, 4) is 0 Å². The summed E-state index contributed by atoms with van der Waals surface area (Å²) in [6, 6.07) is -2.74. The number of aliphatic hydroxyl groups is 1. The first-order valence-electron chi connectivity index (χ1n) is 35.9. The summed E-state index contributed by atoms with van der Waals surface area (Å²) in [7, 11) is -8.55. The van der Waals surface area contributed by atoms with E-state index >= 15 is 0 Å². The van der Waals surface area contributed by atoms with Gasteiger partial charge in [-0.25, -0.2) is 0 Å². The average molecular weight is 1430 g/mol. The van der Waals surface area contributed by atoms with Crippen LogP contribution >= 0.6 is 15.6 Å². The van der Waals surface area contributed by atoms with Crippen molar-refractivity contribution < 1.29 is 209 Å². The fourth-order valence-corrected chi connectivity index (χ4v) is 13.1. The number of hydrogen-bond acceptors (Lipinski definition) is 19. The Morgan fingerprint density at radius 3 is 1.42 bits per heavy atom. The maximum absolute atomic E-state index is 14.0. The minimum absolute atomic E-state index is 0. The van der Waals surface area contributed by atoms with E-state index in [2.05, 4.69) is 50.5 Å². The predicted molar refractivity (Wildman–Crippen MR) is 347 cm³/mol. The summed E-state index contributed by atoms with van der Waals surface area (Å²) in [6.07, 6.45) is 30.4. The Morgan fingerprint density at radius 2 is 0.905 bits per heavy atom. The Kier molecular flexibility index (Phi) is 70.2. The number of unbranched alkanes of at least 4 members (excludes halogenated alkanes) is 30. The van der Waals surface area contributed by atoms with Crippen LogP contribution in [-0.4, -0.2) is 131 Å². The molecule has 2 amide bonds. The summed E-state index contributed by atoms with van der Waals surface area (Å²) in [5, 5.41) is 17.6. The zero-order valence-electron chi connectivity index (χ0n) is 61.2. The van der Waals surface area contributed by atoms with Crippen LogP contribution in [0, 0.1) is 0 Å². The second-order valence-electron chi connectivity index (χ2n) is 25.4. The Morgan fingerprint density at radius 1 is 0.474 bits per heavy atom. The molecule has 21 nitrogen and oxygen atoms in total. The zero-order valence-corrected chi connectivity index (χ0v) is 71.0. The third-order valence-corrected chi connectivity index (χ3v) is 18.3. The molecule has 27 heteroatoms. The number of carbonyl (C=O) groups is 3. The van der Waals surface area contributed by atoms with Crippen molar-refractivity contribution in [2.45, 2.75) is 365 Å². The number of hydrogen-bond donors (Lipinski definition) is 3. The number of ketones is 1. The number of allylic oxidation sites excluding steroid dienone is 2. The van der Waals surface area contributed by atoms with Crippen molar-refractivity contribution in [3.63, 3.8) is 0 Å². The van der Waals surface area contributed by atoms with Crippen LogP contribution in [0.4, 0.5) is 0 Å². The summed E-state index contributed by atoms with van der Waals surface area (Å²) in [4.78, 5) is 90.3. The van der Waals surface area contributed by atoms with Gasteiger partial charge in [-0.1, -0.05) is 220 Å². The fourth-order valence-electron chi connectivity index (χ4n) is 12.1. The normalized spacial score (nSPS) is 21.7. The standard InChI is InChI=1S/C68H130N2O19P2.4Na/c1-7-11-15-19-22-25-26-27-28-29-30-32-34-38-42-48-59(72)69-62-66(84-52-49-56(82-6)46-41-36-18-14-10-4)64(88-90(75,76)77)58(54-81-5)87-67(62)85-51-44-47-57-63(74)65(83-50-43-39-35-24-21-17-13-9-3)61(68(86-57)89-91(78,79)80)70-60(73)53-55(71)45-40-37-33-31-23-20-16-12-8-2;;;;/h25-26,56-58,61-68,74H,7-24,27-54H2,1-6H3,(H,69,72)(H,70,73)(H2,75,76,77)(H2,78,79,80);;;;/q;4*+1/p-4/b26-25-;;;;/t56-,57-,58-,61-,62-,63-,64-,65-,66-,67-,68-;;;;/m1..../s1. The SMILES string of the molecule is CCCCCC/C=C\CCCCCCCCCC(=O)N[C@H]1[C@H](OCCC[C@H]2O[C@H](OP(=O)([O-])[O-])[C@H](NC(=O)CC(=O)CCCCCCCCCCC)[C@@H](OCCCCCCCCCC)[C@@H]2O)O[C@H](COC)[C@@H](OP(=O)([O-])[O-])[C@@H]1OCC[C@@H](CCCCCCC)OC.[Na+].[Na+].[Na+].[Na+]. The van der Waals surface area contributed by atoms with Crippen molar-refractivity contribution in [3.05, 3.63) is 12.2 Å². The van der Waals surface area contributed by atoms with Crippen LogP contribution in [0.25, 0.3) is 0 Å². The first-order valence-corrected chi connectivity index (χ1v) is 38.9. The van der Waals surface area contributed by atoms with Crippen LogP contribution in [0.1, 0.15) is 297 Å². The van der Waals surface area contributed by atoms with Gasteiger partial charge in [0.1, 0.15) is 48.4 Å². The number of amides is 2. The summed E-state index contributed by atoms with van der Waals surface area (Å²) in [5.74, 6) is -1.49. The number of nitrogens with one attached hydrogen (secondary N) is 2. The number of rotatable bonds is 61. The third-order valence-electron chi connectivity index (χ3n) is 17.3. The fraction of sp³-hybridized carbons (Fsp3) is 0.926. The van der Waals surface area contributed by atoms with Gasteiger partial charge < -0.3 is 86.6 Å². The van der Waals surface area contributed by atoms with Gasteiger partial charge in [0.15, 0.2) is 12.6 Å². The first kappa shape index (κ1) is 101. The maximum atomic E-state index is 14.0. The maximum Gasteiger partial charge on any atom is 1.00 e. The molecule has 0 aliphatic carbocycles. The van der Waals surface area contributed by atoms with E-state index in [1.807, 2.05) is 0 Å². The first-order chi connectivity index (χ1) is 43.9. The number of phosphoric ester groups is 2. The molecule has 0 saturated carbocycles. The molecule has 0 aromatic rings. The number of ether oxygens (including phenoxy) is 7. The van der Waals surface area contributed by atoms with Gasteiger partial charge in [0.25, 0.3) is 0 Å². The molecule has 2 aliphatic heterocycles. The zero-order chi connectivity index (χ0) is 66.8. The van der Waals surface area contributed by atoms with E-state index in [1.165, 1.54) is 58.5 Å². The number of carbonyl (C=O) groups excluding carboxylic acids is 3. The van der Waals surface area contributed by atoms with Gasteiger partial charge in [0.05, 0.1) is 40.9 Å². The third kappa shape index (κ3) is 52.0. The van der Waals surface area contributed by atoms with Gasteiger partial charge in [-0.15, -0.1) is 0 Å². The van der Waals surface area contributed by atoms with E-state index < -0.39 is 95.2 Å². The van der Waals surface area contributed by atoms with Gasteiger partial charge in [0, 0.05) is 46.9 Å². The van der Waals surface area contributed by atoms with Crippen molar-refractivity contribution in [2.75, 3.05) is 40.6 Å². The van der Waals surface area contributed by atoms with E-state index in [9.17, 15) is 48.2 Å². The molecule has 0 aromatic heterocycles. The van der Waals surface area contributed by atoms with E-state index in [0.717, 1.165) is 161 Å². The molecular formula is C68H126N2Na4O19P2. The number of Topliss-reactive ketones (excluding diaryl/α,β-unsaturated/α-hetero) is 1. The largest absolute Gasteiger partial charge is 1.00 e.